The van der Waals surface area contributed by atoms with Gasteiger partial charge in [-0.2, -0.15) is 11.8 Å². The summed E-state index contributed by atoms with van der Waals surface area (Å²) in [6.07, 6.45) is 7.21. The lowest BCUT2D eigenvalue weighted by atomic mass is 9.93. The number of amides is 1. The van der Waals surface area contributed by atoms with Crippen molar-refractivity contribution in [1.29, 1.82) is 0 Å². The van der Waals surface area contributed by atoms with Crippen LogP contribution in [0.1, 0.15) is 28.8 Å². The molecule has 9 nitrogen and oxygen atoms in total. The topological polar surface area (TPSA) is 117 Å². The Balaban J connectivity index is 1.47. The number of anilines is 2. The molecule has 198 valence electrons. The molecule has 2 unspecified atom stereocenters. The summed E-state index contributed by atoms with van der Waals surface area (Å²) >= 11 is 1.79. The van der Waals surface area contributed by atoms with E-state index in [9.17, 15) is 4.79 Å². The predicted octanol–water partition coefficient (Wildman–Crippen LogP) is 4.02. The van der Waals surface area contributed by atoms with E-state index in [2.05, 4.69) is 60.4 Å². The Hall–Kier alpha value is -3.76. The fourth-order valence-electron chi connectivity index (χ4n) is 4.35. The Morgan fingerprint density at radius 2 is 1.84 bits per heavy atom. The quantitative estimate of drug-likeness (QED) is 0.201. The molecule has 0 aliphatic rings. The summed E-state index contributed by atoms with van der Waals surface area (Å²) in [5.74, 6) is 1.66. The summed E-state index contributed by atoms with van der Waals surface area (Å²) in [4.78, 5) is 30.4. The number of para-hydroxylation sites is 1. The van der Waals surface area contributed by atoms with Crippen molar-refractivity contribution in [2.45, 2.75) is 18.1 Å². The molecule has 0 fully saturated rings. The minimum absolute atomic E-state index is 0.111. The molecule has 4 N–H and O–H groups in total. The van der Waals surface area contributed by atoms with Crippen molar-refractivity contribution in [1.82, 2.24) is 30.6 Å². The van der Waals surface area contributed by atoms with Crippen molar-refractivity contribution >= 4 is 40.2 Å². The van der Waals surface area contributed by atoms with Gasteiger partial charge in [0.15, 0.2) is 0 Å². The van der Waals surface area contributed by atoms with Crippen molar-refractivity contribution in [3.8, 4) is 11.3 Å². The summed E-state index contributed by atoms with van der Waals surface area (Å²) in [5, 5.41) is 13.7. The predicted molar refractivity (Wildman–Crippen MR) is 157 cm³/mol. The van der Waals surface area contributed by atoms with E-state index in [1.54, 1.807) is 37.4 Å². The average molecular weight is 531 g/mol. The molecule has 0 saturated heterocycles. The maximum absolute atomic E-state index is 12.4. The number of likely N-dealkylation sites (N-methyl/N-ethyl adjacent to an activating group) is 1. The van der Waals surface area contributed by atoms with Gasteiger partial charge in [0.1, 0.15) is 18.0 Å². The summed E-state index contributed by atoms with van der Waals surface area (Å²) in [6.45, 7) is 4.59. The fraction of sp³-hybridized carbons (Fsp3) is 0.321. The maximum atomic E-state index is 12.4. The molecule has 4 rings (SSSR count). The smallest absolute Gasteiger partial charge is 0.251 e. The number of pyridine rings is 2. The number of thioether (sulfide) groups is 1. The molecule has 0 bridgehead atoms. The largest absolute Gasteiger partial charge is 0.369 e. The van der Waals surface area contributed by atoms with Gasteiger partial charge in [0.05, 0.1) is 16.8 Å². The van der Waals surface area contributed by atoms with E-state index in [0.29, 0.717) is 12.1 Å². The van der Waals surface area contributed by atoms with E-state index in [1.165, 1.54) is 0 Å². The number of aromatic nitrogens is 4. The van der Waals surface area contributed by atoms with Gasteiger partial charge >= 0.3 is 0 Å². The molecule has 3 heterocycles. The molecule has 10 heteroatoms. The Labute approximate surface area is 227 Å². The standard InChI is InChI=1S/C28H34N8OS/c1-18(20-6-5-7-21-22(28(37)30-3)10-11-32-27(20)21)24(38-4)16-34-26-14-23(35-17-36-26)19-8-9-25(33-15-19)31-13-12-29-2/h5-11,14-15,17-18,24,29H,12-13,16H2,1-4H3,(H,30,37)(H,31,33)(H,34,35,36). The highest BCUT2D eigenvalue weighted by atomic mass is 32.2. The third-order valence-electron chi connectivity index (χ3n) is 6.52. The van der Waals surface area contributed by atoms with Crippen LogP contribution in [0.4, 0.5) is 11.6 Å². The molecule has 0 spiro atoms. The molecule has 3 aromatic heterocycles. The van der Waals surface area contributed by atoms with Gasteiger partial charge in [-0.3, -0.25) is 9.78 Å². The molecule has 1 amide bonds. The third kappa shape index (κ3) is 6.38. The number of nitrogens with one attached hydrogen (secondary N) is 4. The van der Waals surface area contributed by atoms with Crippen molar-refractivity contribution in [3.63, 3.8) is 0 Å². The first-order chi connectivity index (χ1) is 18.5. The average Bonchev–Trinajstić information content (AvgIpc) is 2.97. The Morgan fingerprint density at radius 3 is 2.58 bits per heavy atom. The third-order valence-corrected chi connectivity index (χ3v) is 7.70. The second kappa shape index (κ2) is 13.2. The molecule has 4 aromatic rings. The number of carbonyl (C=O) groups is 1. The van der Waals surface area contributed by atoms with E-state index in [0.717, 1.165) is 52.4 Å². The number of nitrogens with zero attached hydrogens (tertiary/aromatic N) is 4. The number of hydrogen-bond donors (Lipinski definition) is 4. The Kier molecular flexibility index (Phi) is 9.45. The maximum Gasteiger partial charge on any atom is 0.251 e. The van der Waals surface area contributed by atoms with Crippen LogP contribution in [0.15, 0.2) is 61.2 Å². The lowest BCUT2D eigenvalue weighted by Gasteiger charge is -2.24. The first-order valence-electron chi connectivity index (χ1n) is 12.6. The molecule has 38 heavy (non-hydrogen) atoms. The van der Waals surface area contributed by atoms with Crippen LogP contribution in [0.5, 0.6) is 0 Å². The highest BCUT2D eigenvalue weighted by Crippen LogP contribution is 2.32. The minimum atomic E-state index is -0.111. The zero-order valence-electron chi connectivity index (χ0n) is 22.2. The van der Waals surface area contributed by atoms with E-state index in [4.69, 9.17) is 0 Å². The zero-order chi connectivity index (χ0) is 26.9. The normalized spacial score (nSPS) is 12.6. The van der Waals surface area contributed by atoms with Crippen molar-refractivity contribution in [3.05, 3.63) is 72.3 Å². The number of fused-ring (bicyclic) bond motifs is 1. The van der Waals surface area contributed by atoms with Crippen molar-refractivity contribution < 1.29 is 4.79 Å². The first-order valence-corrected chi connectivity index (χ1v) is 13.9. The molecule has 1 aromatic carbocycles. The van der Waals surface area contributed by atoms with Gasteiger partial charge in [0.2, 0.25) is 0 Å². The number of rotatable bonds is 12. The second-order valence-corrected chi connectivity index (χ2v) is 9.95. The van der Waals surface area contributed by atoms with E-state index in [-0.39, 0.29) is 17.1 Å². The number of benzene rings is 1. The van der Waals surface area contributed by atoms with Crippen LogP contribution in [0.2, 0.25) is 0 Å². The Bertz CT molecular complexity index is 1360. The minimum Gasteiger partial charge on any atom is -0.369 e. The molecule has 0 aliphatic carbocycles. The van der Waals surface area contributed by atoms with Crippen LogP contribution >= 0.6 is 11.8 Å². The number of hydrogen-bond acceptors (Lipinski definition) is 9. The molecular weight excluding hydrogens is 496 g/mol. The lowest BCUT2D eigenvalue weighted by molar-refractivity contribution is 0.0964. The highest BCUT2D eigenvalue weighted by molar-refractivity contribution is 7.99. The fourth-order valence-corrected chi connectivity index (χ4v) is 5.15. The van der Waals surface area contributed by atoms with Gasteiger partial charge in [-0.15, -0.1) is 0 Å². The van der Waals surface area contributed by atoms with Crippen molar-refractivity contribution in [2.24, 2.45) is 0 Å². The lowest BCUT2D eigenvalue weighted by Crippen LogP contribution is -2.23. The zero-order valence-corrected chi connectivity index (χ0v) is 23.0. The SMILES string of the molecule is CNCCNc1ccc(-c2cc(NCC(SC)C(C)c3cccc4c(C(=O)NC)ccnc34)ncn2)cn1. The first kappa shape index (κ1) is 27.3. The van der Waals surface area contributed by atoms with Crippen LogP contribution in [-0.2, 0) is 0 Å². The van der Waals surface area contributed by atoms with Crippen LogP contribution in [-0.4, -0.2) is 71.1 Å². The van der Waals surface area contributed by atoms with Crippen molar-refractivity contribution in [2.75, 3.05) is 50.6 Å². The number of carbonyl (C=O) groups excluding carboxylic acids is 1. The van der Waals surface area contributed by atoms with Crippen LogP contribution < -0.4 is 21.3 Å². The van der Waals surface area contributed by atoms with Crippen LogP contribution in [0, 0.1) is 0 Å². The highest BCUT2D eigenvalue weighted by Gasteiger charge is 2.22. The summed E-state index contributed by atoms with van der Waals surface area (Å²) in [6, 6.07) is 13.7. The van der Waals surface area contributed by atoms with E-state index in [1.807, 2.05) is 43.6 Å². The molecule has 2 atom stereocenters. The molecular formula is C28H34N8OS. The molecule has 0 saturated carbocycles. The van der Waals surface area contributed by atoms with Gasteiger partial charge in [-0.05, 0) is 43.0 Å². The van der Waals surface area contributed by atoms with E-state index < -0.39 is 0 Å². The summed E-state index contributed by atoms with van der Waals surface area (Å²) in [7, 11) is 3.57. The molecule has 0 radical (unpaired) electrons. The van der Waals surface area contributed by atoms with Gasteiger partial charge in [-0.1, -0.05) is 25.1 Å². The summed E-state index contributed by atoms with van der Waals surface area (Å²) < 4.78 is 0. The molecule has 0 aliphatic heterocycles. The van der Waals surface area contributed by atoms with E-state index >= 15 is 0 Å². The van der Waals surface area contributed by atoms with Gasteiger partial charge in [0, 0.05) is 61.3 Å². The summed E-state index contributed by atoms with van der Waals surface area (Å²) in [5.41, 5.74) is 4.35. The monoisotopic (exact) mass is 530 g/mol. The van der Waals surface area contributed by atoms with Gasteiger partial charge in [-0.25, -0.2) is 15.0 Å². The van der Waals surface area contributed by atoms with Crippen LogP contribution in [0.3, 0.4) is 0 Å². The Morgan fingerprint density at radius 1 is 0.974 bits per heavy atom. The van der Waals surface area contributed by atoms with Gasteiger partial charge < -0.3 is 21.3 Å². The van der Waals surface area contributed by atoms with Crippen LogP contribution in [0.25, 0.3) is 22.2 Å². The second-order valence-electron chi connectivity index (χ2n) is 8.88. The van der Waals surface area contributed by atoms with Gasteiger partial charge in [0.25, 0.3) is 5.91 Å².